The summed E-state index contributed by atoms with van der Waals surface area (Å²) >= 11 is 0. The molecule has 7 nitrogen and oxygen atoms in total. The van der Waals surface area contributed by atoms with Gasteiger partial charge in [-0.3, -0.25) is 4.99 Å². The highest BCUT2D eigenvalue weighted by Gasteiger charge is 2.15. The SMILES string of the molecule is CCNC(=NCCCOCC1CCCO1)NCCS(=O)(=O)c1ccccc1. The summed E-state index contributed by atoms with van der Waals surface area (Å²) in [6.45, 7) is 5.75. The third kappa shape index (κ3) is 8.28. The Hall–Kier alpha value is -1.64. The van der Waals surface area contributed by atoms with Gasteiger partial charge in [0.1, 0.15) is 0 Å². The molecule has 1 aliphatic rings. The second-order valence-electron chi connectivity index (χ2n) is 6.38. The van der Waals surface area contributed by atoms with Crippen LogP contribution in [-0.4, -0.2) is 65.7 Å². The minimum atomic E-state index is -3.29. The maximum atomic E-state index is 12.3. The molecule has 1 heterocycles. The van der Waals surface area contributed by atoms with Crippen molar-refractivity contribution in [1.29, 1.82) is 0 Å². The first kappa shape index (κ1) is 21.7. The fourth-order valence-corrected chi connectivity index (χ4v) is 3.92. The average Bonchev–Trinajstić information content (AvgIpc) is 3.18. The molecule has 0 aromatic heterocycles. The number of hydrogen-bond acceptors (Lipinski definition) is 5. The van der Waals surface area contributed by atoms with Crippen molar-refractivity contribution in [3.05, 3.63) is 30.3 Å². The number of nitrogens with one attached hydrogen (secondary N) is 2. The number of hydrogen-bond donors (Lipinski definition) is 2. The molecule has 2 rings (SSSR count). The van der Waals surface area contributed by atoms with Gasteiger partial charge in [0.2, 0.25) is 0 Å². The van der Waals surface area contributed by atoms with Crippen molar-refractivity contribution in [2.45, 2.75) is 37.2 Å². The topological polar surface area (TPSA) is 89.0 Å². The Bertz CT molecular complexity index is 659. The van der Waals surface area contributed by atoms with Gasteiger partial charge in [0.25, 0.3) is 0 Å². The van der Waals surface area contributed by atoms with Crippen LogP contribution < -0.4 is 10.6 Å². The summed E-state index contributed by atoms with van der Waals surface area (Å²) in [5, 5.41) is 6.21. The number of guanidine groups is 1. The summed E-state index contributed by atoms with van der Waals surface area (Å²) in [7, 11) is -3.29. The highest BCUT2D eigenvalue weighted by molar-refractivity contribution is 7.91. The van der Waals surface area contributed by atoms with Crippen molar-refractivity contribution in [3.8, 4) is 0 Å². The van der Waals surface area contributed by atoms with Gasteiger partial charge in [0, 0.05) is 32.8 Å². The highest BCUT2D eigenvalue weighted by atomic mass is 32.2. The van der Waals surface area contributed by atoms with E-state index in [2.05, 4.69) is 15.6 Å². The summed E-state index contributed by atoms with van der Waals surface area (Å²) in [4.78, 5) is 4.81. The van der Waals surface area contributed by atoms with Crippen molar-refractivity contribution in [3.63, 3.8) is 0 Å². The first-order valence-corrected chi connectivity index (χ1v) is 11.3. The predicted molar refractivity (Wildman–Crippen MR) is 107 cm³/mol. The minimum Gasteiger partial charge on any atom is -0.379 e. The maximum absolute atomic E-state index is 12.3. The van der Waals surface area contributed by atoms with E-state index >= 15 is 0 Å². The average molecular weight is 398 g/mol. The molecule has 0 saturated carbocycles. The fourth-order valence-electron chi connectivity index (χ4n) is 2.74. The Labute approximate surface area is 162 Å². The third-order valence-electron chi connectivity index (χ3n) is 4.15. The monoisotopic (exact) mass is 397 g/mol. The van der Waals surface area contributed by atoms with Crippen LogP contribution in [0.2, 0.25) is 0 Å². The van der Waals surface area contributed by atoms with Crippen LogP contribution in [0.3, 0.4) is 0 Å². The zero-order chi connectivity index (χ0) is 19.4. The lowest BCUT2D eigenvalue weighted by molar-refractivity contribution is 0.0171. The zero-order valence-electron chi connectivity index (χ0n) is 16.0. The molecule has 0 radical (unpaired) electrons. The second-order valence-corrected chi connectivity index (χ2v) is 8.49. The Morgan fingerprint density at radius 2 is 2.11 bits per heavy atom. The van der Waals surface area contributed by atoms with E-state index < -0.39 is 9.84 Å². The van der Waals surface area contributed by atoms with E-state index in [1.807, 2.05) is 6.92 Å². The second kappa shape index (κ2) is 11.9. The van der Waals surface area contributed by atoms with Crippen LogP contribution in [-0.2, 0) is 19.3 Å². The Kier molecular flexibility index (Phi) is 9.58. The van der Waals surface area contributed by atoms with Crippen molar-refractivity contribution in [2.24, 2.45) is 4.99 Å². The quantitative estimate of drug-likeness (QED) is 0.335. The van der Waals surface area contributed by atoms with Crippen LogP contribution in [0.5, 0.6) is 0 Å². The molecule has 1 aromatic rings. The van der Waals surface area contributed by atoms with E-state index in [-0.39, 0.29) is 11.9 Å². The third-order valence-corrected chi connectivity index (χ3v) is 5.89. The molecule has 1 unspecified atom stereocenters. The van der Waals surface area contributed by atoms with Crippen LogP contribution in [0.15, 0.2) is 40.2 Å². The van der Waals surface area contributed by atoms with Gasteiger partial charge < -0.3 is 20.1 Å². The molecule has 0 bridgehead atoms. The molecule has 1 aliphatic heterocycles. The molecule has 8 heteroatoms. The first-order valence-electron chi connectivity index (χ1n) is 9.61. The normalized spacial score (nSPS) is 17.8. The van der Waals surface area contributed by atoms with E-state index in [4.69, 9.17) is 9.47 Å². The molecule has 1 fully saturated rings. The molecule has 0 amide bonds. The van der Waals surface area contributed by atoms with E-state index in [9.17, 15) is 8.42 Å². The predicted octanol–water partition coefficient (Wildman–Crippen LogP) is 1.60. The van der Waals surface area contributed by atoms with Crippen molar-refractivity contribution in [2.75, 3.05) is 45.2 Å². The molecule has 0 spiro atoms. The number of sulfone groups is 1. The summed E-state index contributed by atoms with van der Waals surface area (Å²) in [6.07, 6.45) is 3.26. The summed E-state index contributed by atoms with van der Waals surface area (Å²) in [6, 6.07) is 8.49. The van der Waals surface area contributed by atoms with Crippen LogP contribution >= 0.6 is 0 Å². The lowest BCUT2D eigenvalue weighted by atomic mass is 10.2. The number of benzene rings is 1. The molecule has 2 N–H and O–H groups in total. The van der Waals surface area contributed by atoms with Crippen molar-refractivity contribution in [1.82, 2.24) is 10.6 Å². The van der Waals surface area contributed by atoms with Crippen LogP contribution in [0.25, 0.3) is 0 Å². The van der Waals surface area contributed by atoms with Gasteiger partial charge in [0.05, 0.1) is 23.4 Å². The fraction of sp³-hybridized carbons (Fsp3) is 0.632. The minimum absolute atomic E-state index is 0.0198. The van der Waals surface area contributed by atoms with E-state index in [0.29, 0.717) is 43.7 Å². The molecule has 0 aliphatic carbocycles. The van der Waals surface area contributed by atoms with Gasteiger partial charge in [-0.05, 0) is 38.3 Å². The number of nitrogens with zero attached hydrogens (tertiary/aromatic N) is 1. The molecular weight excluding hydrogens is 366 g/mol. The Morgan fingerprint density at radius 3 is 2.81 bits per heavy atom. The van der Waals surface area contributed by atoms with Gasteiger partial charge >= 0.3 is 0 Å². The summed E-state index contributed by atoms with van der Waals surface area (Å²) in [5.74, 6) is 0.645. The van der Waals surface area contributed by atoms with Gasteiger partial charge in [0.15, 0.2) is 15.8 Å². The van der Waals surface area contributed by atoms with Gasteiger partial charge in [-0.1, -0.05) is 18.2 Å². The van der Waals surface area contributed by atoms with E-state index in [1.54, 1.807) is 30.3 Å². The molecule has 1 saturated heterocycles. The van der Waals surface area contributed by atoms with Gasteiger partial charge in [-0.15, -0.1) is 0 Å². The van der Waals surface area contributed by atoms with Crippen LogP contribution in [0.4, 0.5) is 0 Å². The molecule has 1 atom stereocenters. The van der Waals surface area contributed by atoms with Gasteiger partial charge in [-0.2, -0.15) is 0 Å². The van der Waals surface area contributed by atoms with Crippen molar-refractivity contribution < 1.29 is 17.9 Å². The lowest BCUT2D eigenvalue weighted by Crippen LogP contribution is -2.39. The largest absolute Gasteiger partial charge is 0.379 e. The van der Waals surface area contributed by atoms with Crippen molar-refractivity contribution >= 4 is 15.8 Å². The summed E-state index contributed by atoms with van der Waals surface area (Å²) < 4.78 is 35.7. The van der Waals surface area contributed by atoms with E-state index in [0.717, 1.165) is 25.9 Å². The zero-order valence-corrected chi connectivity index (χ0v) is 16.8. The standard InChI is InChI=1S/C19H31N3O4S/c1-2-20-19(21-11-7-13-25-16-17-8-6-14-26-17)22-12-15-27(23,24)18-9-4-3-5-10-18/h3-5,9-10,17H,2,6-8,11-16H2,1H3,(H2,20,21,22). The smallest absolute Gasteiger partial charge is 0.191 e. The lowest BCUT2D eigenvalue weighted by Gasteiger charge is -2.12. The molecule has 152 valence electrons. The van der Waals surface area contributed by atoms with E-state index in [1.165, 1.54) is 0 Å². The van der Waals surface area contributed by atoms with Crippen LogP contribution in [0.1, 0.15) is 26.2 Å². The molecular formula is C19H31N3O4S. The summed E-state index contributed by atoms with van der Waals surface area (Å²) in [5.41, 5.74) is 0. The first-order chi connectivity index (χ1) is 13.1. The molecule has 1 aromatic carbocycles. The highest BCUT2D eigenvalue weighted by Crippen LogP contribution is 2.12. The maximum Gasteiger partial charge on any atom is 0.191 e. The Morgan fingerprint density at radius 1 is 1.30 bits per heavy atom. The number of aliphatic imine (C=N–C) groups is 1. The van der Waals surface area contributed by atoms with Gasteiger partial charge in [-0.25, -0.2) is 8.42 Å². The number of ether oxygens (including phenoxy) is 2. The Balaban J connectivity index is 1.66. The van der Waals surface area contributed by atoms with Crippen LogP contribution in [0, 0.1) is 0 Å². The number of rotatable bonds is 11. The molecule has 27 heavy (non-hydrogen) atoms.